The molecule has 2 N–H and O–H groups in total. The molecule has 2 aliphatic heterocycles. The monoisotopic (exact) mass is 207 g/mol. The smallest absolute Gasteiger partial charge is 0.0849 e. The van der Waals surface area contributed by atoms with Crippen molar-refractivity contribution in [1.29, 1.82) is 0 Å². The number of fused-ring (bicyclic) bond motifs is 1. The maximum Gasteiger partial charge on any atom is 0.0849 e. The number of nitrogens with zero attached hydrogens (tertiary/aromatic N) is 1. The summed E-state index contributed by atoms with van der Waals surface area (Å²) in [6, 6.07) is 0.445. The summed E-state index contributed by atoms with van der Waals surface area (Å²) in [6.07, 6.45) is 4.78. The van der Waals surface area contributed by atoms with E-state index >= 15 is 0 Å². The van der Waals surface area contributed by atoms with Crippen molar-refractivity contribution in [3.63, 3.8) is 0 Å². The van der Waals surface area contributed by atoms with Crippen LogP contribution in [0.4, 0.5) is 0 Å². The van der Waals surface area contributed by atoms with Crippen LogP contribution >= 0.6 is 0 Å². The first kappa shape index (κ1) is 9.36. The molecule has 1 saturated heterocycles. The average Bonchev–Trinajstić information content (AvgIpc) is 2.74. The van der Waals surface area contributed by atoms with Gasteiger partial charge in [0, 0.05) is 17.7 Å². The Morgan fingerprint density at radius 1 is 1.33 bits per heavy atom. The van der Waals surface area contributed by atoms with Crippen molar-refractivity contribution in [2.75, 3.05) is 13.2 Å². The van der Waals surface area contributed by atoms with E-state index in [0.29, 0.717) is 6.04 Å². The van der Waals surface area contributed by atoms with E-state index in [1.54, 1.807) is 0 Å². The SMILES string of the molecule is C1CC[C@@H](c2n[nH]c3c2COCC3)NC1. The Labute approximate surface area is 89.4 Å². The van der Waals surface area contributed by atoms with Crippen LogP contribution in [-0.2, 0) is 17.8 Å². The molecule has 1 atom stereocenters. The molecule has 4 nitrogen and oxygen atoms in total. The van der Waals surface area contributed by atoms with Crippen molar-refractivity contribution >= 4 is 0 Å². The molecule has 1 aromatic rings. The summed E-state index contributed by atoms with van der Waals surface area (Å²) in [7, 11) is 0. The van der Waals surface area contributed by atoms with Gasteiger partial charge in [-0.25, -0.2) is 0 Å². The molecule has 4 heteroatoms. The third-order valence-corrected chi connectivity index (χ3v) is 3.37. The van der Waals surface area contributed by atoms with Gasteiger partial charge in [-0.15, -0.1) is 0 Å². The minimum absolute atomic E-state index is 0.445. The van der Waals surface area contributed by atoms with Crippen LogP contribution in [0.3, 0.4) is 0 Å². The van der Waals surface area contributed by atoms with E-state index < -0.39 is 0 Å². The Bertz CT molecular complexity index is 342. The second-order valence-corrected chi connectivity index (χ2v) is 4.37. The zero-order valence-electron chi connectivity index (χ0n) is 8.88. The lowest BCUT2D eigenvalue weighted by Gasteiger charge is -2.23. The van der Waals surface area contributed by atoms with Gasteiger partial charge in [0.25, 0.3) is 0 Å². The van der Waals surface area contributed by atoms with Crippen LogP contribution < -0.4 is 5.32 Å². The van der Waals surface area contributed by atoms with E-state index in [2.05, 4.69) is 15.5 Å². The fourth-order valence-electron chi connectivity index (χ4n) is 2.51. The van der Waals surface area contributed by atoms with Crippen LogP contribution in [-0.4, -0.2) is 23.3 Å². The van der Waals surface area contributed by atoms with Gasteiger partial charge in [-0.3, -0.25) is 5.10 Å². The minimum Gasteiger partial charge on any atom is -0.376 e. The van der Waals surface area contributed by atoms with Gasteiger partial charge in [0.05, 0.1) is 24.9 Å². The highest BCUT2D eigenvalue weighted by atomic mass is 16.5. The lowest BCUT2D eigenvalue weighted by Crippen LogP contribution is -2.28. The van der Waals surface area contributed by atoms with Gasteiger partial charge in [-0.2, -0.15) is 5.10 Å². The number of H-pyrrole nitrogens is 1. The van der Waals surface area contributed by atoms with E-state index in [0.717, 1.165) is 26.2 Å². The number of aromatic amines is 1. The predicted octanol–water partition coefficient (Wildman–Crippen LogP) is 1.30. The highest BCUT2D eigenvalue weighted by Crippen LogP contribution is 2.28. The van der Waals surface area contributed by atoms with Crippen LogP contribution in [0.25, 0.3) is 0 Å². The first-order valence-corrected chi connectivity index (χ1v) is 5.82. The molecule has 2 aliphatic rings. The summed E-state index contributed by atoms with van der Waals surface area (Å²) >= 11 is 0. The molecule has 0 radical (unpaired) electrons. The van der Waals surface area contributed by atoms with E-state index in [-0.39, 0.29) is 0 Å². The van der Waals surface area contributed by atoms with Gasteiger partial charge < -0.3 is 10.1 Å². The van der Waals surface area contributed by atoms with Crippen LogP contribution in [0.1, 0.15) is 42.3 Å². The molecule has 0 saturated carbocycles. The normalized spacial score (nSPS) is 26.3. The predicted molar refractivity (Wildman–Crippen MR) is 56.5 cm³/mol. The molecule has 82 valence electrons. The van der Waals surface area contributed by atoms with Gasteiger partial charge in [0.2, 0.25) is 0 Å². The summed E-state index contributed by atoms with van der Waals surface area (Å²) in [4.78, 5) is 0. The molecule has 3 rings (SSSR count). The Morgan fingerprint density at radius 3 is 3.20 bits per heavy atom. The largest absolute Gasteiger partial charge is 0.376 e. The molecule has 0 spiro atoms. The molecular formula is C11H17N3O. The number of piperidine rings is 1. The minimum atomic E-state index is 0.445. The van der Waals surface area contributed by atoms with E-state index in [4.69, 9.17) is 4.74 Å². The number of ether oxygens (including phenoxy) is 1. The maximum absolute atomic E-state index is 5.50. The van der Waals surface area contributed by atoms with Crippen LogP contribution in [0, 0.1) is 0 Å². The van der Waals surface area contributed by atoms with Crippen LogP contribution in [0.5, 0.6) is 0 Å². The number of nitrogens with one attached hydrogen (secondary N) is 2. The van der Waals surface area contributed by atoms with Gasteiger partial charge in [0.1, 0.15) is 0 Å². The van der Waals surface area contributed by atoms with Crippen LogP contribution in [0.15, 0.2) is 0 Å². The van der Waals surface area contributed by atoms with Crippen molar-refractivity contribution in [2.24, 2.45) is 0 Å². The molecule has 15 heavy (non-hydrogen) atoms. The number of rotatable bonds is 1. The summed E-state index contributed by atoms with van der Waals surface area (Å²) in [6.45, 7) is 2.68. The molecule has 1 fully saturated rings. The average molecular weight is 207 g/mol. The molecule has 0 bridgehead atoms. The molecule has 3 heterocycles. The Morgan fingerprint density at radius 2 is 2.33 bits per heavy atom. The molecular weight excluding hydrogens is 190 g/mol. The Hall–Kier alpha value is -0.870. The molecule has 0 aliphatic carbocycles. The zero-order valence-corrected chi connectivity index (χ0v) is 8.88. The fourth-order valence-corrected chi connectivity index (χ4v) is 2.51. The van der Waals surface area contributed by atoms with Gasteiger partial charge in [-0.1, -0.05) is 6.42 Å². The van der Waals surface area contributed by atoms with Crippen molar-refractivity contribution < 1.29 is 4.74 Å². The van der Waals surface area contributed by atoms with E-state index in [1.165, 1.54) is 36.2 Å². The lowest BCUT2D eigenvalue weighted by molar-refractivity contribution is 0.109. The third-order valence-electron chi connectivity index (χ3n) is 3.37. The number of hydrogen-bond donors (Lipinski definition) is 2. The lowest BCUT2D eigenvalue weighted by atomic mass is 9.97. The van der Waals surface area contributed by atoms with Crippen molar-refractivity contribution in [3.05, 3.63) is 17.0 Å². The Kier molecular flexibility index (Phi) is 2.46. The highest BCUT2D eigenvalue weighted by Gasteiger charge is 2.24. The Balaban J connectivity index is 1.87. The fraction of sp³-hybridized carbons (Fsp3) is 0.727. The number of aromatic nitrogens is 2. The molecule has 1 aromatic heterocycles. The van der Waals surface area contributed by atoms with Crippen molar-refractivity contribution in [3.8, 4) is 0 Å². The quantitative estimate of drug-likeness (QED) is 0.729. The highest BCUT2D eigenvalue weighted by molar-refractivity contribution is 5.28. The van der Waals surface area contributed by atoms with Crippen molar-refractivity contribution in [2.45, 2.75) is 38.3 Å². The summed E-state index contributed by atoms with van der Waals surface area (Å²) < 4.78 is 5.50. The van der Waals surface area contributed by atoms with Gasteiger partial charge in [-0.05, 0) is 19.4 Å². The standard InChI is InChI=1S/C11H17N3O/c1-2-5-12-10(3-1)11-8-7-15-6-4-9(8)13-14-11/h10,12H,1-7H2,(H,13,14)/t10-/m0/s1. The summed E-state index contributed by atoms with van der Waals surface area (Å²) in [5.41, 5.74) is 3.79. The first-order valence-electron chi connectivity index (χ1n) is 5.82. The molecule has 0 amide bonds. The number of hydrogen-bond acceptors (Lipinski definition) is 3. The first-order chi connectivity index (χ1) is 7.45. The van der Waals surface area contributed by atoms with E-state index in [9.17, 15) is 0 Å². The van der Waals surface area contributed by atoms with Crippen molar-refractivity contribution in [1.82, 2.24) is 15.5 Å². The van der Waals surface area contributed by atoms with E-state index in [1.807, 2.05) is 0 Å². The second kappa shape index (κ2) is 3.94. The maximum atomic E-state index is 5.50. The molecule has 0 aromatic carbocycles. The topological polar surface area (TPSA) is 49.9 Å². The second-order valence-electron chi connectivity index (χ2n) is 4.37. The summed E-state index contributed by atoms with van der Waals surface area (Å²) in [5, 5.41) is 11.1. The summed E-state index contributed by atoms with van der Waals surface area (Å²) in [5.74, 6) is 0. The van der Waals surface area contributed by atoms with Gasteiger partial charge >= 0.3 is 0 Å². The third kappa shape index (κ3) is 1.68. The van der Waals surface area contributed by atoms with Crippen LogP contribution in [0.2, 0.25) is 0 Å². The zero-order chi connectivity index (χ0) is 10.1. The van der Waals surface area contributed by atoms with Gasteiger partial charge in [0.15, 0.2) is 0 Å². The molecule has 0 unspecified atom stereocenters.